The van der Waals surface area contributed by atoms with E-state index in [1.54, 1.807) is 24.3 Å². The van der Waals surface area contributed by atoms with Gasteiger partial charge in [-0.25, -0.2) is 14.4 Å². The minimum absolute atomic E-state index is 0.0159. The first-order valence-corrected chi connectivity index (χ1v) is 7.71. The highest BCUT2D eigenvalue weighted by Crippen LogP contribution is 2.27. The summed E-state index contributed by atoms with van der Waals surface area (Å²) in [5, 5.41) is 0. The van der Waals surface area contributed by atoms with Gasteiger partial charge in [0.2, 0.25) is 5.91 Å². The predicted octanol–water partition coefficient (Wildman–Crippen LogP) is 2.77. The van der Waals surface area contributed by atoms with Crippen LogP contribution in [0.5, 0.6) is 0 Å². The van der Waals surface area contributed by atoms with Gasteiger partial charge >= 0.3 is 0 Å². The lowest BCUT2D eigenvalue weighted by atomic mass is 9.87. The smallest absolute Gasteiger partial charge is 0.225 e. The van der Waals surface area contributed by atoms with E-state index in [4.69, 9.17) is 0 Å². The maximum absolute atomic E-state index is 13.1. The molecule has 1 saturated carbocycles. The molecule has 0 atom stereocenters. The number of halogens is 2. The summed E-state index contributed by atoms with van der Waals surface area (Å²) in [5.74, 6) is 0.826. The minimum atomic E-state index is -0.722. The molecule has 2 rings (SSSR count). The van der Waals surface area contributed by atoms with E-state index >= 15 is 0 Å². The summed E-state index contributed by atoms with van der Waals surface area (Å²) in [5.41, 5.74) is 0. The van der Waals surface area contributed by atoms with E-state index in [2.05, 4.69) is 25.9 Å². The molecule has 110 valence electrons. The second-order valence-electron chi connectivity index (χ2n) is 5.28. The molecule has 0 aromatic carbocycles. The van der Waals surface area contributed by atoms with Crippen LogP contribution in [0.25, 0.3) is 0 Å². The van der Waals surface area contributed by atoms with Crippen molar-refractivity contribution in [2.45, 2.75) is 38.3 Å². The van der Waals surface area contributed by atoms with Gasteiger partial charge in [0.15, 0.2) is 0 Å². The number of alkyl halides is 1. The van der Waals surface area contributed by atoms with E-state index in [0.29, 0.717) is 38.6 Å². The van der Waals surface area contributed by atoms with Crippen LogP contribution >= 0.6 is 15.9 Å². The molecular weight excluding hydrogens is 325 g/mol. The average molecular weight is 344 g/mol. The Balaban J connectivity index is 1.80. The Bertz CT molecular complexity index is 446. The minimum Gasteiger partial charge on any atom is -0.345 e. The number of rotatable bonds is 4. The van der Waals surface area contributed by atoms with E-state index in [1.807, 2.05) is 0 Å². The van der Waals surface area contributed by atoms with Crippen LogP contribution in [0.4, 0.5) is 4.39 Å². The lowest BCUT2D eigenvalue weighted by Crippen LogP contribution is -2.36. The molecule has 0 radical (unpaired) electrons. The molecule has 1 heterocycles. The van der Waals surface area contributed by atoms with Crippen molar-refractivity contribution in [1.29, 1.82) is 0 Å². The maximum Gasteiger partial charge on any atom is 0.225 e. The van der Waals surface area contributed by atoms with Crippen LogP contribution < -0.4 is 0 Å². The fourth-order valence-electron chi connectivity index (χ4n) is 2.46. The number of likely N-dealkylation sites (N-methyl/N-ethyl adjacent to an activating group) is 1. The Kier molecular flexibility index (Phi) is 5.46. The van der Waals surface area contributed by atoms with E-state index in [1.165, 1.54) is 0 Å². The molecule has 0 saturated heterocycles. The second-order valence-corrected chi connectivity index (χ2v) is 6.19. The first-order valence-electron chi connectivity index (χ1n) is 6.91. The third-order valence-corrected chi connectivity index (χ3v) is 4.14. The van der Waals surface area contributed by atoms with Gasteiger partial charge in [0.25, 0.3) is 0 Å². The number of nitrogens with zero attached hydrogens (tertiary/aromatic N) is 3. The van der Waals surface area contributed by atoms with Crippen molar-refractivity contribution in [1.82, 2.24) is 14.9 Å². The van der Waals surface area contributed by atoms with Crippen molar-refractivity contribution in [3.8, 4) is 0 Å². The molecule has 6 heteroatoms. The summed E-state index contributed by atoms with van der Waals surface area (Å²) >= 11 is 3.29. The molecular formula is C14H19BrFN3O. The van der Waals surface area contributed by atoms with Gasteiger partial charge in [0.05, 0.1) is 4.47 Å². The van der Waals surface area contributed by atoms with Gasteiger partial charge in [-0.1, -0.05) is 0 Å². The molecule has 1 aromatic heterocycles. The van der Waals surface area contributed by atoms with E-state index in [0.717, 1.165) is 10.3 Å². The second kappa shape index (κ2) is 7.11. The summed E-state index contributed by atoms with van der Waals surface area (Å²) in [6.45, 7) is 0.593. The highest BCUT2D eigenvalue weighted by atomic mass is 79.9. The van der Waals surface area contributed by atoms with Crippen LogP contribution in [0.2, 0.25) is 0 Å². The highest BCUT2D eigenvalue weighted by Gasteiger charge is 2.27. The Labute approximate surface area is 126 Å². The number of carbonyl (C=O) groups is 1. The Hall–Kier alpha value is -1.04. The zero-order chi connectivity index (χ0) is 14.5. The molecule has 0 spiro atoms. The van der Waals surface area contributed by atoms with Crippen LogP contribution in [0.15, 0.2) is 16.9 Å². The van der Waals surface area contributed by atoms with Gasteiger partial charge in [-0.05, 0) is 41.6 Å². The van der Waals surface area contributed by atoms with E-state index in [9.17, 15) is 9.18 Å². The lowest BCUT2D eigenvalue weighted by Gasteiger charge is -2.27. The van der Waals surface area contributed by atoms with Crippen LogP contribution in [0, 0.1) is 5.92 Å². The van der Waals surface area contributed by atoms with Crippen molar-refractivity contribution in [3.63, 3.8) is 0 Å². The fourth-order valence-corrected chi connectivity index (χ4v) is 2.66. The van der Waals surface area contributed by atoms with E-state index < -0.39 is 6.17 Å². The van der Waals surface area contributed by atoms with E-state index in [-0.39, 0.29) is 11.8 Å². The van der Waals surface area contributed by atoms with Gasteiger partial charge in [0.1, 0.15) is 12.0 Å². The molecule has 1 amide bonds. The SMILES string of the molecule is CN(CCc1ncc(Br)cn1)C(=O)C1CCC(F)CC1. The maximum atomic E-state index is 13.1. The number of hydrogen-bond donors (Lipinski definition) is 0. The third-order valence-electron chi connectivity index (χ3n) is 3.73. The van der Waals surface area contributed by atoms with Gasteiger partial charge < -0.3 is 4.90 Å². The molecule has 0 N–H and O–H groups in total. The first-order chi connectivity index (χ1) is 9.56. The molecule has 1 aliphatic carbocycles. The standard InChI is InChI=1S/C14H19BrFN3O/c1-19(7-6-13-17-8-11(15)9-18-13)14(20)10-2-4-12(16)5-3-10/h8-10,12H,2-7H2,1H3. The Morgan fingerprint density at radius 3 is 2.55 bits per heavy atom. The van der Waals surface area contributed by atoms with Crippen LogP contribution in [0.1, 0.15) is 31.5 Å². The Morgan fingerprint density at radius 2 is 1.95 bits per heavy atom. The topological polar surface area (TPSA) is 46.1 Å². The molecule has 0 aliphatic heterocycles. The quantitative estimate of drug-likeness (QED) is 0.844. The molecule has 4 nitrogen and oxygen atoms in total. The van der Waals surface area contributed by atoms with Crippen molar-refractivity contribution in [2.24, 2.45) is 5.92 Å². The third kappa shape index (κ3) is 4.23. The summed E-state index contributed by atoms with van der Waals surface area (Å²) in [4.78, 5) is 22.3. The molecule has 20 heavy (non-hydrogen) atoms. The molecule has 0 unspecified atom stereocenters. The zero-order valence-electron chi connectivity index (χ0n) is 11.6. The molecule has 1 aliphatic rings. The van der Waals surface area contributed by atoms with Gasteiger partial charge in [-0.3, -0.25) is 4.79 Å². The number of aromatic nitrogens is 2. The molecule has 0 bridgehead atoms. The summed E-state index contributed by atoms with van der Waals surface area (Å²) in [6.07, 6.45) is 5.67. The van der Waals surface area contributed by atoms with Gasteiger partial charge in [-0.15, -0.1) is 0 Å². The summed E-state index contributed by atoms with van der Waals surface area (Å²) in [6, 6.07) is 0. The monoisotopic (exact) mass is 343 g/mol. The highest BCUT2D eigenvalue weighted by molar-refractivity contribution is 9.10. The summed E-state index contributed by atoms with van der Waals surface area (Å²) in [7, 11) is 1.79. The van der Waals surface area contributed by atoms with Crippen LogP contribution in [-0.2, 0) is 11.2 Å². The molecule has 1 aromatic rings. The van der Waals surface area contributed by atoms with Crippen molar-refractivity contribution >= 4 is 21.8 Å². The number of carbonyl (C=O) groups excluding carboxylic acids is 1. The van der Waals surface area contributed by atoms with Crippen molar-refractivity contribution in [2.75, 3.05) is 13.6 Å². The van der Waals surface area contributed by atoms with Crippen LogP contribution in [0.3, 0.4) is 0 Å². The number of amides is 1. The normalized spacial score (nSPS) is 22.6. The average Bonchev–Trinajstić information content (AvgIpc) is 2.46. The van der Waals surface area contributed by atoms with Crippen molar-refractivity contribution < 1.29 is 9.18 Å². The van der Waals surface area contributed by atoms with Crippen molar-refractivity contribution in [3.05, 3.63) is 22.7 Å². The predicted molar refractivity (Wildman–Crippen MR) is 77.9 cm³/mol. The molecule has 1 fully saturated rings. The van der Waals surface area contributed by atoms with Gasteiger partial charge in [-0.2, -0.15) is 0 Å². The fraction of sp³-hybridized carbons (Fsp3) is 0.643. The summed E-state index contributed by atoms with van der Waals surface area (Å²) < 4.78 is 13.9. The number of hydrogen-bond acceptors (Lipinski definition) is 3. The van der Waals surface area contributed by atoms with Crippen LogP contribution in [-0.4, -0.2) is 40.5 Å². The largest absolute Gasteiger partial charge is 0.345 e. The lowest BCUT2D eigenvalue weighted by molar-refractivity contribution is -0.135. The zero-order valence-corrected chi connectivity index (χ0v) is 13.1. The van der Waals surface area contributed by atoms with Gasteiger partial charge in [0, 0.05) is 38.3 Å². The Morgan fingerprint density at radius 1 is 1.35 bits per heavy atom. The first kappa shape index (κ1) is 15.4.